The van der Waals surface area contributed by atoms with E-state index in [9.17, 15) is 27.2 Å². The van der Waals surface area contributed by atoms with Gasteiger partial charge in [-0.15, -0.1) is 0 Å². The summed E-state index contributed by atoms with van der Waals surface area (Å²) in [7, 11) is 0. The number of carbonyl (C=O) groups is 2. The second-order valence-electron chi connectivity index (χ2n) is 3.13. The lowest BCUT2D eigenvalue weighted by atomic mass is 10.3. The Morgan fingerprint density at radius 2 is 1.94 bits per heavy atom. The molecule has 2 amide bonds. The van der Waals surface area contributed by atoms with Crippen LogP contribution in [0.1, 0.15) is 6.92 Å². The molecular formula is C8H12F4N2O3. The second-order valence-corrected chi connectivity index (χ2v) is 3.13. The van der Waals surface area contributed by atoms with Gasteiger partial charge in [0.1, 0.15) is 6.54 Å². The molecular weight excluding hydrogens is 248 g/mol. The van der Waals surface area contributed by atoms with Crippen LogP contribution in [-0.4, -0.2) is 54.0 Å². The number of alkyl halides is 4. The van der Waals surface area contributed by atoms with E-state index < -0.39 is 37.4 Å². The van der Waals surface area contributed by atoms with Crippen molar-refractivity contribution < 1.29 is 32.3 Å². The fourth-order valence-corrected chi connectivity index (χ4v) is 0.873. The quantitative estimate of drug-likeness (QED) is 0.700. The molecule has 9 heteroatoms. The summed E-state index contributed by atoms with van der Waals surface area (Å²) in [5, 5.41) is 9.94. The molecule has 0 rings (SSSR count). The van der Waals surface area contributed by atoms with Crippen LogP contribution in [-0.2, 0) is 4.79 Å². The molecule has 0 aliphatic rings. The van der Waals surface area contributed by atoms with Gasteiger partial charge in [0.15, 0.2) is 0 Å². The van der Waals surface area contributed by atoms with Crippen LogP contribution in [0.3, 0.4) is 0 Å². The number of carboxylic acids is 1. The lowest BCUT2D eigenvalue weighted by molar-refractivity contribution is -0.137. The average molecular weight is 260 g/mol. The molecule has 100 valence electrons. The molecule has 0 radical (unpaired) electrons. The Bertz CT molecular complexity index is 286. The van der Waals surface area contributed by atoms with E-state index in [1.807, 2.05) is 0 Å². The number of hydrogen-bond donors (Lipinski definition) is 2. The number of nitrogens with zero attached hydrogens (tertiary/aromatic N) is 1. The molecule has 0 saturated carbocycles. The molecule has 0 atom stereocenters. The summed E-state index contributed by atoms with van der Waals surface area (Å²) < 4.78 is 48.4. The first-order chi connectivity index (χ1) is 7.70. The zero-order valence-electron chi connectivity index (χ0n) is 8.92. The maximum absolute atomic E-state index is 12.4. The highest BCUT2D eigenvalue weighted by Gasteiger charge is 2.41. The summed E-state index contributed by atoms with van der Waals surface area (Å²) in [6, 6.07) is -1.13. The minimum atomic E-state index is -4.34. The van der Waals surface area contributed by atoms with E-state index >= 15 is 0 Å². The van der Waals surface area contributed by atoms with Crippen molar-refractivity contribution in [2.24, 2.45) is 0 Å². The maximum atomic E-state index is 12.4. The average Bonchev–Trinajstić information content (AvgIpc) is 2.22. The van der Waals surface area contributed by atoms with Gasteiger partial charge in [0.25, 0.3) is 0 Å². The summed E-state index contributed by atoms with van der Waals surface area (Å²) in [6.45, 7) is -0.853. The molecule has 0 aliphatic heterocycles. The highest BCUT2D eigenvalue weighted by atomic mass is 19.3. The van der Waals surface area contributed by atoms with Crippen molar-refractivity contribution in [3.8, 4) is 0 Å². The molecule has 0 aliphatic carbocycles. The van der Waals surface area contributed by atoms with Gasteiger partial charge in [0.05, 0.1) is 6.54 Å². The van der Waals surface area contributed by atoms with Crippen molar-refractivity contribution in [3.05, 3.63) is 0 Å². The Kier molecular flexibility index (Phi) is 5.69. The molecule has 17 heavy (non-hydrogen) atoms. The van der Waals surface area contributed by atoms with Crippen molar-refractivity contribution in [3.63, 3.8) is 0 Å². The molecule has 0 bridgehead atoms. The lowest BCUT2D eigenvalue weighted by Gasteiger charge is -2.21. The van der Waals surface area contributed by atoms with Gasteiger partial charge in [0, 0.05) is 6.54 Å². The number of carbonyl (C=O) groups excluding carboxylic acids is 1. The van der Waals surface area contributed by atoms with Crippen molar-refractivity contribution >= 4 is 12.0 Å². The van der Waals surface area contributed by atoms with E-state index in [1.165, 1.54) is 6.92 Å². The molecule has 0 aromatic carbocycles. The summed E-state index contributed by atoms with van der Waals surface area (Å²) >= 11 is 0. The number of hydrogen-bond acceptors (Lipinski definition) is 2. The van der Waals surface area contributed by atoms with Crippen LogP contribution in [0.15, 0.2) is 0 Å². The van der Waals surface area contributed by atoms with E-state index in [1.54, 1.807) is 5.32 Å². The Labute approximate surface area is 94.4 Å². The monoisotopic (exact) mass is 260 g/mol. The summed E-state index contributed by atoms with van der Waals surface area (Å²) in [5.41, 5.74) is 0. The number of rotatable bonds is 6. The van der Waals surface area contributed by atoms with Gasteiger partial charge in [-0.05, 0) is 6.92 Å². The Morgan fingerprint density at radius 1 is 1.41 bits per heavy atom. The van der Waals surface area contributed by atoms with Gasteiger partial charge < -0.3 is 15.3 Å². The van der Waals surface area contributed by atoms with Gasteiger partial charge >= 0.3 is 24.3 Å². The third-order valence-corrected chi connectivity index (χ3v) is 1.79. The summed E-state index contributed by atoms with van der Waals surface area (Å²) in [4.78, 5) is 22.1. The zero-order chi connectivity index (χ0) is 13.6. The van der Waals surface area contributed by atoms with Gasteiger partial charge in [-0.3, -0.25) is 4.79 Å². The first-order valence-electron chi connectivity index (χ1n) is 4.61. The molecule has 0 fully saturated rings. The fraction of sp³-hybridized carbons (Fsp3) is 0.750. The standard InChI is InChI=1S/C8H12F4N2O3/c1-2-14(3-5(15)16)7(17)13-4-8(11,12)6(9)10/h6H,2-4H2,1H3,(H,13,17)(H,15,16). The number of carboxylic acid groups (broad SMARTS) is 1. The molecule has 0 spiro atoms. The molecule has 5 nitrogen and oxygen atoms in total. The van der Waals surface area contributed by atoms with Gasteiger partial charge in [-0.1, -0.05) is 0 Å². The van der Waals surface area contributed by atoms with Gasteiger partial charge in [0.2, 0.25) is 0 Å². The molecule has 0 aromatic rings. The van der Waals surface area contributed by atoms with Gasteiger partial charge in [-0.25, -0.2) is 13.6 Å². The molecule has 2 N–H and O–H groups in total. The fourth-order valence-electron chi connectivity index (χ4n) is 0.873. The maximum Gasteiger partial charge on any atom is 0.324 e. The first kappa shape index (κ1) is 15.5. The highest BCUT2D eigenvalue weighted by molar-refractivity contribution is 5.80. The van der Waals surface area contributed by atoms with Crippen molar-refractivity contribution in [1.82, 2.24) is 10.2 Å². The molecule has 0 saturated heterocycles. The number of halogens is 4. The predicted molar refractivity (Wildman–Crippen MR) is 49.2 cm³/mol. The third kappa shape index (κ3) is 5.36. The minimum absolute atomic E-state index is 0.0433. The number of amides is 2. The van der Waals surface area contributed by atoms with Crippen LogP contribution in [0.2, 0.25) is 0 Å². The normalized spacial score (nSPS) is 11.4. The van der Waals surface area contributed by atoms with Crippen LogP contribution in [0.5, 0.6) is 0 Å². The van der Waals surface area contributed by atoms with E-state index in [-0.39, 0.29) is 6.54 Å². The Balaban J connectivity index is 4.29. The smallest absolute Gasteiger partial charge is 0.324 e. The number of aliphatic carboxylic acids is 1. The number of likely N-dealkylation sites (N-methyl/N-ethyl adjacent to an activating group) is 1. The van der Waals surface area contributed by atoms with Crippen LogP contribution in [0, 0.1) is 0 Å². The number of urea groups is 1. The minimum Gasteiger partial charge on any atom is -0.480 e. The van der Waals surface area contributed by atoms with Crippen LogP contribution in [0.4, 0.5) is 22.4 Å². The van der Waals surface area contributed by atoms with Crippen LogP contribution >= 0.6 is 0 Å². The Morgan fingerprint density at radius 3 is 2.29 bits per heavy atom. The van der Waals surface area contributed by atoms with E-state index in [0.29, 0.717) is 4.90 Å². The third-order valence-electron chi connectivity index (χ3n) is 1.79. The van der Waals surface area contributed by atoms with Crippen molar-refractivity contribution in [2.75, 3.05) is 19.6 Å². The first-order valence-corrected chi connectivity index (χ1v) is 4.61. The van der Waals surface area contributed by atoms with Crippen LogP contribution in [0.25, 0.3) is 0 Å². The van der Waals surface area contributed by atoms with E-state index in [4.69, 9.17) is 5.11 Å². The number of nitrogens with one attached hydrogen (secondary N) is 1. The van der Waals surface area contributed by atoms with Crippen molar-refractivity contribution in [2.45, 2.75) is 19.3 Å². The van der Waals surface area contributed by atoms with Gasteiger partial charge in [-0.2, -0.15) is 8.78 Å². The summed E-state index contributed by atoms with van der Waals surface area (Å²) in [6.07, 6.45) is -3.89. The largest absolute Gasteiger partial charge is 0.480 e. The SMILES string of the molecule is CCN(CC(=O)O)C(=O)NCC(F)(F)C(F)F. The zero-order valence-corrected chi connectivity index (χ0v) is 8.92. The summed E-state index contributed by atoms with van der Waals surface area (Å²) in [5.74, 6) is -5.67. The van der Waals surface area contributed by atoms with Crippen molar-refractivity contribution in [1.29, 1.82) is 0 Å². The second kappa shape index (κ2) is 6.26. The van der Waals surface area contributed by atoms with Crippen LogP contribution < -0.4 is 5.32 Å². The predicted octanol–water partition coefficient (Wildman–Crippen LogP) is 1.00. The van der Waals surface area contributed by atoms with E-state index in [2.05, 4.69) is 0 Å². The molecule has 0 heterocycles. The molecule has 0 aromatic heterocycles. The Hall–Kier alpha value is -1.54. The lowest BCUT2D eigenvalue weighted by Crippen LogP contribution is -2.48. The topological polar surface area (TPSA) is 69.6 Å². The molecule has 0 unspecified atom stereocenters. The highest BCUT2D eigenvalue weighted by Crippen LogP contribution is 2.21. The van der Waals surface area contributed by atoms with E-state index in [0.717, 1.165) is 0 Å².